The van der Waals surface area contributed by atoms with Gasteiger partial charge in [0.1, 0.15) is 58.0 Å². The Morgan fingerprint density at radius 3 is 2.02 bits per heavy atom. The fourth-order valence-electron chi connectivity index (χ4n) is 5.38. The molecule has 5 heterocycles. The summed E-state index contributed by atoms with van der Waals surface area (Å²) in [5.41, 5.74) is 3.25. The number of anilines is 1. The van der Waals surface area contributed by atoms with Crippen molar-refractivity contribution in [3.63, 3.8) is 0 Å². The van der Waals surface area contributed by atoms with Gasteiger partial charge in [0.05, 0.1) is 5.39 Å². The fourth-order valence-corrected chi connectivity index (χ4v) is 6.31. The number of hydrogen-bond donors (Lipinski definition) is 0. The lowest BCUT2D eigenvalue weighted by molar-refractivity contribution is -0.131. The predicted molar refractivity (Wildman–Crippen MR) is 183 cm³/mol. The highest BCUT2D eigenvalue weighted by atomic mass is 32.1. The van der Waals surface area contributed by atoms with Gasteiger partial charge in [-0.3, -0.25) is 4.79 Å². The lowest BCUT2D eigenvalue weighted by atomic mass is 10.2. The number of nitrogens with zero attached hydrogens (tertiary/aromatic N) is 10. The molecule has 6 aromatic rings. The number of piperazine rings is 1. The van der Waals surface area contributed by atoms with Crippen LogP contribution in [0.2, 0.25) is 0 Å². The molecule has 0 unspecified atom stereocenters. The van der Waals surface area contributed by atoms with Gasteiger partial charge in [0.2, 0.25) is 5.91 Å². The average molecular weight is 671 g/mol. The second-order valence-corrected chi connectivity index (χ2v) is 12.4. The number of carbonyl (C=O) groups excluding carboxylic acids is 2. The molecule has 48 heavy (non-hydrogen) atoms. The largest absolute Gasteiger partial charge is 0.395 e. The molecule has 250 valence electrons. The topological polar surface area (TPSA) is 146 Å². The minimum absolute atomic E-state index is 0.160. The molecule has 14 nitrogen and oxygen atoms in total. The number of aromatic nitrogens is 8. The Morgan fingerprint density at radius 1 is 0.812 bits per heavy atom. The van der Waals surface area contributed by atoms with Crippen molar-refractivity contribution in [3.8, 4) is 0 Å². The van der Waals surface area contributed by atoms with Gasteiger partial charge in [0.15, 0.2) is 0 Å². The van der Waals surface area contributed by atoms with E-state index in [9.17, 15) is 9.59 Å². The van der Waals surface area contributed by atoms with E-state index >= 15 is 0 Å². The van der Waals surface area contributed by atoms with Crippen molar-refractivity contribution >= 4 is 61.1 Å². The summed E-state index contributed by atoms with van der Waals surface area (Å²) in [7, 11) is 0. The molecule has 1 amide bonds. The Balaban J connectivity index is 0.000000211. The quantitative estimate of drug-likeness (QED) is 0.175. The monoisotopic (exact) mass is 670 g/mol. The summed E-state index contributed by atoms with van der Waals surface area (Å²) in [4.78, 5) is 52.8. The molecule has 1 aliphatic rings. The number of Topliss-reactive ketones (excluding diaryl/α,β-unsaturated/α-hetero) is 1. The van der Waals surface area contributed by atoms with Gasteiger partial charge in [0.25, 0.3) is 0 Å². The van der Waals surface area contributed by atoms with E-state index in [-0.39, 0.29) is 11.7 Å². The summed E-state index contributed by atoms with van der Waals surface area (Å²) in [5, 5.41) is 17.0. The van der Waals surface area contributed by atoms with E-state index < -0.39 is 0 Å². The summed E-state index contributed by atoms with van der Waals surface area (Å²) in [6.07, 6.45) is 4.96. The number of para-hydroxylation sites is 2. The third-order valence-electron chi connectivity index (χ3n) is 7.92. The number of fused-ring (bicyclic) bond motifs is 3. The second-order valence-electron chi connectivity index (χ2n) is 11.3. The number of hydrogen-bond acceptors (Lipinski definition) is 12. The predicted octanol–water partition coefficient (Wildman–Crippen LogP) is 3.79. The van der Waals surface area contributed by atoms with Crippen molar-refractivity contribution in [2.75, 3.05) is 44.3 Å². The van der Waals surface area contributed by atoms with Crippen LogP contribution in [0.25, 0.3) is 32.3 Å². The minimum Gasteiger partial charge on any atom is -0.395 e. The number of benzene rings is 2. The van der Waals surface area contributed by atoms with Gasteiger partial charge in [-0.2, -0.15) is 0 Å². The van der Waals surface area contributed by atoms with Gasteiger partial charge in [-0.25, -0.2) is 9.97 Å². The third kappa shape index (κ3) is 7.85. The van der Waals surface area contributed by atoms with Gasteiger partial charge in [-0.1, -0.05) is 40.9 Å². The van der Waals surface area contributed by atoms with Crippen LogP contribution in [0.1, 0.15) is 44.4 Å². The normalized spacial score (nSPS) is 13.1. The highest BCUT2D eigenvalue weighted by Crippen LogP contribution is 2.31. The van der Waals surface area contributed by atoms with Crippen molar-refractivity contribution in [1.29, 1.82) is 0 Å². The van der Waals surface area contributed by atoms with Crippen molar-refractivity contribution in [2.24, 2.45) is 0 Å². The van der Waals surface area contributed by atoms with Crippen molar-refractivity contribution in [1.82, 2.24) is 45.2 Å². The van der Waals surface area contributed by atoms with Crippen molar-refractivity contribution in [2.45, 2.75) is 46.0 Å². The molecule has 0 bridgehead atoms. The van der Waals surface area contributed by atoms with Crippen LogP contribution in [0, 0.1) is 0 Å². The Hall–Kier alpha value is -5.18. The molecule has 1 saturated heterocycles. The number of carbonyl (C=O) groups is 2. The maximum atomic E-state index is 12.7. The highest BCUT2D eigenvalue weighted by molar-refractivity contribution is 7.18. The summed E-state index contributed by atoms with van der Waals surface area (Å²) >= 11 is 1.73. The fraction of sp³-hybridized carbons (Fsp3) is 0.394. The van der Waals surface area contributed by atoms with E-state index in [1.165, 1.54) is 14.6 Å². The first-order valence-electron chi connectivity index (χ1n) is 16.1. The number of ketones is 1. The number of thiophene rings is 1. The molecule has 2 aromatic carbocycles. The Morgan fingerprint density at radius 2 is 1.42 bits per heavy atom. The van der Waals surface area contributed by atoms with Crippen LogP contribution < -0.4 is 14.6 Å². The molecule has 1 aliphatic heterocycles. The van der Waals surface area contributed by atoms with E-state index in [1.54, 1.807) is 24.6 Å². The average Bonchev–Trinajstić information content (AvgIpc) is 3.85. The van der Waals surface area contributed by atoms with Crippen LogP contribution in [0.15, 0.2) is 60.9 Å². The minimum atomic E-state index is 0.160. The molecule has 4 aromatic heterocycles. The Labute approximate surface area is 281 Å². The molecule has 0 saturated carbocycles. The van der Waals surface area contributed by atoms with E-state index in [0.29, 0.717) is 52.0 Å². The van der Waals surface area contributed by atoms with Gasteiger partial charge in [0, 0.05) is 43.9 Å². The zero-order valence-corrected chi connectivity index (χ0v) is 27.9. The van der Waals surface area contributed by atoms with E-state index in [4.69, 9.17) is 9.68 Å². The van der Waals surface area contributed by atoms with Crippen LogP contribution in [0.5, 0.6) is 0 Å². The summed E-state index contributed by atoms with van der Waals surface area (Å²) in [6.45, 7) is 7.55. The first-order chi connectivity index (χ1) is 23.5. The van der Waals surface area contributed by atoms with Gasteiger partial charge in [-0.15, -0.1) is 21.5 Å². The molecule has 0 atom stereocenters. The number of amides is 1. The lowest BCUT2D eigenvalue weighted by Gasteiger charge is -2.35. The third-order valence-corrected chi connectivity index (χ3v) is 9.11. The lowest BCUT2D eigenvalue weighted by Crippen LogP contribution is -2.49. The maximum absolute atomic E-state index is 12.7. The zero-order valence-electron chi connectivity index (χ0n) is 27.1. The molecular weight excluding hydrogens is 632 g/mol. The molecule has 0 spiro atoms. The molecule has 15 heteroatoms. The standard InChI is InChI=1S/C22H25N7O2S.C11H13N3O2/c1-2-16-14-17-21(23-15-24-22(17)32-16)28-11-9-27(10-12-28)20(30)8-5-13-31-29-19-7-4-3-6-18(19)25-26-29;1-9(15)5-4-8-16-14-11-7-3-2-6-10(11)12-13-14/h3-4,6-7,14-15H,2,5,8-13H2,1H3;2-3,6-7H,4-5,8H2,1H3. The molecule has 7 rings (SSSR count). The Bertz CT molecular complexity index is 1980. The first kappa shape index (κ1) is 32.7. The molecule has 0 aliphatic carbocycles. The SMILES string of the molecule is CC(=O)CCCOn1nnc2ccccc21.CCc1cc2c(N3CCN(C(=O)CCCOn4nnc5ccccc54)CC3)ncnc2s1. The van der Waals surface area contributed by atoms with E-state index in [1.807, 2.05) is 53.4 Å². The van der Waals surface area contributed by atoms with Crippen LogP contribution in [0.3, 0.4) is 0 Å². The highest BCUT2D eigenvalue weighted by Gasteiger charge is 2.23. The molecule has 0 radical (unpaired) electrons. The van der Waals surface area contributed by atoms with Crippen molar-refractivity contribution in [3.05, 3.63) is 65.8 Å². The maximum Gasteiger partial charge on any atom is 0.222 e. The number of aryl methyl sites for hydroxylation is 1. The van der Waals surface area contributed by atoms with Crippen LogP contribution in [0.4, 0.5) is 5.82 Å². The van der Waals surface area contributed by atoms with Crippen LogP contribution in [-0.2, 0) is 16.0 Å². The Kier molecular flexibility index (Phi) is 10.6. The van der Waals surface area contributed by atoms with Gasteiger partial charge < -0.3 is 24.3 Å². The molecular formula is C33H38N10O4S. The summed E-state index contributed by atoms with van der Waals surface area (Å²) in [5.74, 6) is 1.31. The van der Waals surface area contributed by atoms with Crippen LogP contribution >= 0.6 is 11.3 Å². The summed E-state index contributed by atoms with van der Waals surface area (Å²) < 4.78 is 0. The van der Waals surface area contributed by atoms with Crippen molar-refractivity contribution < 1.29 is 19.3 Å². The molecule has 1 fully saturated rings. The van der Waals surface area contributed by atoms with Gasteiger partial charge in [-0.05, 0) is 66.9 Å². The van der Waals surface area contributed by atoms with Crippen LogP contribution in [-0.4, -0.2) is 96.3 Å². The van der Waals surface area contributed by atoms with E-state index in [2.05, 4.69) is 48.5 Å². The first-order valence-corrected chi connectivity index (χ1v) is 16.9. The van der Waals surface area contributed by atoms with Gasteiger partial charge >= 0.3 is 0 Å². The smallest absolute Gasteiger partial charge is 0.222 e. The molecule has 0 N–H and O–H groups in total. The number of rotatable bonds is 12. The van der Waals surface area contributed by atoms with E-state index in [0.717, 1.165) is 57.6 Å². The zero-order chi connectivity index (χ0) is 33.3. The second kappa shape index (κ2) is 15.6. The summed E-state index contributed by atoms with van der Waals surface area (Å²) in [6, 6.07) is 17.4.